The summed E-state index contributed by atoms with van der Waals surface area (Å²) in [6, 6.07) is -0.651. The molecule has 7 heteroatoms. The maximum atomic E-state index is 11.7. The molecule has 4 rings (SSSR count). The molecule has 9 atom stereocenters. The third-order valence-corrected chi connectivity index (χ3v) is 10.1. The second-order valence-electron chi connectivity index (χ2n) is 11.4. The third-order valence-electron chi connectivity index (χ3n) is 10.1. The molecule has 0 aromatic rings. The van der Waals surface area contributed by atoms with Gasteiger partial charge in [-0.2, -0.15) is 0 Å². The fourth-order valence-corrected chi connectivity index (χ4v) is 8.54. The van der Waals surface area contributed by atoms with Gasteiger partial charge in [0.15, 0.2) is 0 Å². The lowest BCUT2D eigenvalue weighted by Crippen LogP contribution is -2.51. The number of nitrogens with zero attached hydrogens (tertiary/aromatic N) is 2. The Morgan fingerprint density at radius 2 is 2.00 bits per heavy atom. The Morgan fingerprint density at radius 1 is 1.28 bits per heavy atom. The summed E-state index contributed by atoms with van der Waals surface area (Å²) in [7, 11) is 0. The van der Waals surface area contributed by atoms with Crippen molar-refractivity contribution in [1.82, 2.24) is 0 Å². The molecular formula is C25H38N2O5. The Hall–Kier alpha value is -1.92. The van der Waals surface area contributed by atoms with E-state index in [0.717, 1.165) is 44.9 Å². The van der Waals surface area contributed by atoms with Crippen molar-refractivity contribution in [2.45, 2.75) is 91.7 Å². The van der Waals surface area contributed by atoms with Crippen LogP contribution in [-0.4, -0.2) is 34.0 Å². The van der Waals surface area contributed by atoms with Crippen molar-refractivity contribution < 1.29 is 19.7 Å². The standard InChI is InChI=1S/C25H38N2O5/c1-14(26-29)23-20(15(2)27(30)31)13-22-19-7-6-17-12-18(32-16(3)28)8-10-24(17,4)21(19)9-11-25(22,23)5/h6,15,18-23,29H,7-13H2,1-5H3/b26-14-/t15-,18+,19+,20+,21-,22+,23+,24+,25+/m1/s1. The van der Waals surface area contributed by atoms with Gasteiger partial charge in [-0.1, -0.05) is 30.7 Å². The van der Waals surface area contributed by atoms with Crippen LogP contribution in [-0.2, 0) is 9.53 Å². The maximum absolute atomic E-state index is 11.7. The predicted molar refractivity (Wildman–Crippen MR) is 121 cm³/mol. The second-order valence-corrected chi connectivity index (χ2v) is 11.4. The van der Waals surface area contributed by atoms with Crippen LogP contribution < -0.4 is 0 Å². The molecule has 3 fully saturated rings. The van der Waals surface area contributed by atoms with E-state index in [2.05, 4.69) is 25.1 Å². The van der Waals surface area contributed by atoms with Gasteiger partial charge in [-0.25, -0.2) is 0 Å². The molecule has 0 saturated heterocycles. The molecule has 0 aromatic heterocycles. The highest BCUT2D eigenvalue weighted by Crippen LogP contribution is 2.68. The van der Waals surface area contributed by atoms with Crippen molar-refractivity contribution in [2.75, 3.05) is 0 Å². The van der Waals surface area contributed by atoms with Crippen molar-refractivity contribution in [1.29, 1.82) is 0 Å². The number of ether oxygens (including phenoxy) is 1. The van der Waals surface area contributed by atoms with Crippen molar-refractivity contribution in [3.05, 3.63) is 21.8 Å². The van der Waals surface area contributed by atoms with Gasteiger partial charge in [0.05, 0.1) is 5.71 Å². The SMILES string of the molecule is CC(=O)O[C@H]1CC[C@@]2(C)C(=CC[C@H]3[C@H]2CC[C@@]2(C)[C@H]3C[C@@H]([C@@H](C)[N+](=O)[O-])[C@@H]2/C(C)=N\O)C1. The van der Waals surface area contributed by atoms with E-state index in [-0.39, 0.29) is 39.7 Å². The number of esters is 1. The van der Waals surface area contributed by atoms with Gasteiger partial charge in [-0.3, -0.25) is 14.9 Å². The lowest BCUT2D eigenvalue weighted by Gasteiger charge is -2.58. The summed E-state index contributed by atoms with van der Waals surface area (Å²) in [5.74, 6) is 1.06. The lowest BCUT2D eigenvalue weighted by atomic mass is 9.47. The molecule has 0 aromatic carbocycles. The molecule has 4 aliphatic rings. The molecule has 3 saturated carbocycles. The smallest absolute Gasteiger partial charge is 0.302 e. The van der Waals surface area contributed by atoms with Crippen LogP contribution in [0.2, 0.25) is 0 Å². The van der Waals surface area contributed by atoms with E-state index in [0.29, 0.717) is 23.5 Å². The van der Waals surface area contributed by atoms with E-state index in [1.807, 2.05) is 6.92 Å². The summed E-state index contributed by atoms with van der Waals surface area (Å²) in [4.78, 5) is 23.1. The number of nitro groups is 1. The summed E-state index contributed by atoms with van der Waals surface area (Å²) in [6.07, 6.45) is 9.07. The quantitative estimate of drug-likeness (QED) is 0.159. The first-order valence-corrected chi connectivity index (χ1v) is 12.2. The van der Waals surface area contributed by atoms with Gasteiger partial charge in [0, 0.05) is 37.0 Å². The predicted octanol–water partition coefficient (Wildman–Crippen LogP) is 5.24. The zero-order chi connectivity index (χ0) is 23.4. The number of oxime groups is 1. The monoisotopic (exact) mass is 446 g/mol. The fourth-order valence-electron chi connectivity index (χ4n) is 8.54. The van der Waals surface area contributed by atoms with Crippen LogP contribution in [0.3, 0.4) is 0 Å². The van der Waals surface area contributed by atoms with Crippen LogP contribution in [0.5, 0.6) is 0 Å². The van der Waals surface area contributed by atoms with Gasteiger partial charge in [-0.05, 0) is 74.0 Å². The van der Waals surface area contributed by atoms with Gasteiger partial charge >= 0.3 is 5.97 Å². The normalized spacial score (nSPS) is 44.5. The molecule has 0 amide bonds. The summed E-state index contributed by atoms with van der Waals surface area (Å²) >= 11 is 0. The Morgan fingerprint density at radius 3 is 2.62 bits per heavy atom. The Balaban J connectivity index is 1.65. The highest BCUT2D eigenvalue weighted by Gasteiger charge is 2.63. The average molecular weight is 447 g/mol. The Bertz CT molecular complexity index is 853. The van der Waals surface area contributed by atoms with Crippen molar-refractivity contribution in [3.8, 4) is 0 Å². The minimum Gasteiger partial charge on any atom is -0.462 e. The zero-order valence-corrected chi connectivity index (χ0v) is 20.0. The van der Waals surface area contributed by atoms with Crippen LogP contribution in [0.1, 0.15) is 79.6 Å². The summed E-state index contributed by atoms with van der Waals surface area (Å²) in [5.41, 5.74) is 2.12. The minimum atomic E-state index is -0.651. The van der Waals surface area contributed by atoms with Gasteiger partial charge in [0.2, 0.25) is 6.04 Å². The number of allylic oxidation sites excluding steroid dienone is 1. The zero-order valence-electron chi connectivity index (χ0n) is 20.0. The van der Waals surface area contributed by atoms with Crippen LogP contribution in [0.25, 0.3) is 0 Å². The molecular weight excluding hydrogens is 408 g/mol. The van der Waals surface area contributed by atoms with E-state index in [9.17, 15) is 20.1 Å². The summed E-state index contributed by atoms with van der Waals surface area (Å²) < 4.78 is 5.54. The van der Waals surface area contributed by atoms with E-state index in [4.69, 9.17) is 4.74 Å². The van der Waals surface area contributed by atoms with Gasteiger partial charge < -0.3 is 9.94 Å². The number of fused-ring (bicyclic) bond motifs is 5. The van der Waals surface area contributed by atoms with E-state index >= 15 is 0 Å². The summed E-state index contributed by atoms with van der Waals surface area (Å²) in [6.45, 7) is 9.72. The fraction of sp³-hybridized carbons (Fsp3) is 0.840. The van der Waals surface area contributed by atoms with E-state index < -0.39 is 6.04 Å². The van der Waals surface area contributed by atoms with E-state index in [1.54, 1.807) is 6.92 Å². The first kappa shape index (κ1) is 23.2. The van der Waals surface area contributed by atoms with Crippen LogP contribution >= 0.6 is 0 Å². The van der Waals surface area contributed by atoms with Crippen LogP contribution in [0, 0.1) is 50.5 Å². The van der Waals surface area contributed by atoms with Crippen molar-refractivity contribution in [2.24, 2.45) is 45.6 Å². The molecule has 1 N–H and O–H groups in total. The number of hydrogen-bond donors (Lipinski definition) is 1. The average Bonchev–Trinajstić information content (AvgIpc) is 3.05. The van der Waals surface area contributed by atoms with Gasteiger partial charge in [0.25, 0.3) is 0 Å². The number of hydrogen-bond acceptors (Lipinski definition) is 6. The van der Waals surface area contributed by atoms with E-state index in [1.165, 1.54) is 12.5 Å². The van der Waals surface area contributed by atoms with Crippen LogP contribution in [0.15, 0.2) is 16.8 Å². The topological polar surface area (TPSA) is 102 Å². The minimum absolute atomic E-state index is 0.0122. The Kier molecular flexibility index (Phi) is 5.91. The molecule has 178 valence electrons. The molecule has 0 spiro atoms. The highest BCUT2D eigenvalue weighted by molar-refractivity contribution is 5.85. The molecule has 32 heavy (non-hydrogen) atoms. The molecule has 4 aliphatic carbocycles. The van der Waals surface area contributed by atoms with Crippen LogP contribution in [0.4, 0.5) is 0 Å². The largest absolute Gasteiger partial charge is 0.462 e. The molecule has 0 heterocycles. The molecule has 0 aliphatic heterocycles. The molecule has 0 unspecified atom stereocenters. The second kappa shape index (κ2) is 8.14. The van der Waals surface area contributed by atoms with Crippen molar-refractivity contribution >= 4 is 11.7 Å². The molecule has 0 radical (unpaired) electrons. The first-order valence-electron chi connectivity index (χ1n) is 12.2. The van der Waals surface area contributed by atoms with Crippen molar-refractivity contribution in [3.63, 3.8) is 0 Å². The number of carbonyl (C=O) groups is 1. The number of rotatable bonds is 4. The lowest BCUT2D eigenvalue weighted by molar-refractivity contribution is -0.528. The van der Waals surface area contributed by atoms with Gasteiger partial charge in [-0.15, -0.1) is 0 Å². The van der Waals surface area contributed by atoms with Gasteiger partial charge in [0.1, 0.15) is 6.10 Å². The number of carbonyl (C=O) groups excluding carboxylic acids is 1. The first-order chi connectivity index (χ1) is 15.0. The molecule has 7 nitrogen and oxygen atoms in total. The summed E-state index contributed by atoms with van der Waals surface area (Å²) in [5, 5.41) is 24.9. The highest BCUT2D eigenvalue weighted by atomic mass is 16.6. The Labute approximate surface area is 190 Å². The maximum Gasteiger partial charge on any atom is 0.302 e. The third kappa shape index (κ3) is 3.47. The molecule has 0 bridgehead atoms.